The summed E-state index contributed by atoms with van der Waals surface area (Å²) in [6.45, 7) is 2.32. The van der Waals surface area contributed by atoms with Crippen molar-refractivity contribution in [3.63, 3.8) is 0 Å². The molecule has 2 aliphatic heterocycles. The number of amides is 4. The molecule has 2 fully saturated rings. The number of piperazine rings is 1. The minimum atomic E-state index is -0.896. The van der Waals surface area contributed by atoms with Crippen molar-refractivity contribution in [2.24, 2.45) is 0 Å². The fourth-order valence-electron chi connectivity index (χ4n) is 3.71. The highest BCUT2D eigenvalue weighted by Crippen LogP contribution is 2.17. The minimum absolute atomic E-state index is 0.0319. The first-order valence-electron chi connectivity index (χ1n) is 9.81. The Labute approximate surface area is 173 Å². The highest BCUT2D eigenvalue weighted by Gasteiger charge is 2.40. The van der Waals surface area contributed by atoms with Gasteiger partial charge in [-0.2, -0.15) is 0 Å². The summed E-state index contributed by atoms with van der Waals surface area (Å²) in [5, 5.41) is 2.57. The van der Waals surface area contributed by atoms with Crippen LogP contribution in [-0.2, 0) is 16.1 Å². The summed E-state index contributed by atoms with van der Waals surface area (Å²) < 4.78 is 13.4. The van der Waals surface area contributed by atoms with Crippen molar-refractivity contribution in [2.45, 2.75) is 19.0 Å². The highest BCUT2D eigenvalue weighted by atomic mass is 19.1. The number of urea groups is 1. The topological polar surface area (TPSA) is 85.8 Å². The van der Waals surface area contributed by atoms with Gasteiger partial charge in [0, 0.05) is 32.4 Å². The van der Waals surface area contributed by atoms with Gasteiger partial charge >= 0.3 is 6.03 Å². The molecule has 1 N–H and O–H groups in total. The van der Waals surface area contributed by atoms with Crippen molar-refractivity contribution in [2.75, 3.05) is 31.1 Å². The van der Waals surface area contributed by atoms with E-state index < -0.39 is 23.8 Å². The Hall–Kier alpha value is -3.49. The summed E-state index contributed by atoms with van der Waals surface area (Å²) in [6.07, 6.45) is 1.64. The third-order valence-corrected chi connectivity index (χ3v) is 5.32. The van der Waals surface area contributed by atoms with Crippen molar-refractivity contribution in [1.29, 1.82) is 0 Å². The number of benzene rings is 1. The van der Waals surface area contributed by atoms with Crippen LogP contribution in [0.2, 0.25) is 0 Å². The number of carbonyl (C=O) groups excluding carboxylic acids is 3. The van der Waals surface area contributed by atoms with Gasteiger partial charge in [-0.25, -0.2) is 14.2 Å². The summed E-state index contributed by atoms with van der Waals surface area (Å²) in [5.41, 5.74) is 0.510. The lowest BCUT2D eigenvalue weighted by atomic mass is 10.1. The standard InChI is InChI=1S/C21H22FN5O3/c22-16-5-3-4-15(12-16)14-27-20(29)17(24-21(27)30)13-19(28)26-10-8-25(9-11-26)18-6-1-2-7-23-18/h1-7,12,17H,8-11,13-14H2,(H,24,30). The zero-order valence-corrected chi connectivity index (χ0v) is 16.3. The summed E-state index contributed by atoms with van der Waals surface area (Å²) >= 11 is 0. The van der Waals surface area contributed by atoms with Crippen molar-refractivity contribution >= 4 is 23.7 Å². The summed E-state index contributed by atoms with van der Waals surface area (Å²) in [7, 11) is 0. The molecule has 30 heavy (non-hydrogen) atoms. The number of nitrogens with one attached hydrogen (secondary N) is 1. The van der Waals surface area contributed by atoms with Crippen molar-refractivity contribution in [3.05, 3.63) is 60.0 Å². The van der Waals surface area contributed by atoms with Crippen LogP contribution in [0.1, 0.15) is 12.0 Å². The Balaban J connectivity index is 1.31. The molecule has 1 unspecified atom stereocenters. The number of imide groups is 1. The molecule has 0 spiro atoms. The number of rotatable bonds is 5. The van der Waals surface area contributed by atoms with Gasteiger partial charge < -0.3 is 15.1 Å². The molecule has 1 aromatic carbocycles. The van der Waals surface area contributed by atoms with Gasteiger partial charge in [0.1, 0.15) is 17.7 Å². The molecule has 4 rings (SSSR count). The van der Waals surface area contributed by atoms with E-state index in [9.17, 15) is 18.8 Å². The Kier molecular flexibility index (Phi) is 5.60. The van der Waals surface area contributed by atoms with Crippen LogP contribution in [0.15, 0.2) is 48.7 Å². The maximum absolute atomic E-state index is 13.4. The Morgan fingerprint density at radius 2 is 1.90 bits per heavy atom. The number of anilines is 1. The van der Waals surface area contributed by atoms with Gasteiger partial charge in [-0.1, -0.05) is 18.2 Å². The minimum Gasteiger partial charge on any atom is -0.353 e. The molecule has 8 nitrogen and oxygen atoms in total. The van der Waals surface area contributed by atoms with Crippen LogP contribution >= 0.6 is 0 Å². The number of hydrogen-bond acceptors (Lipinski definition) is 5. The number of halogens is 1. The molecule has 2 aromatic rings. The molecular weight excluding hydrogens is 389 g/mol. The summed E-state index contributed by atoms with van der Waals surface area (Å²) in [5.74, 6) is -0.210. The van der Waals surface area contributed by atoms with Crippen LogP contribution in [0, 0.1) is 5.82 Å². The van der Waals surface area contributed by atoms with E-state index in [1.165, 1.54) is 18.2 Å². The van der Waals surface area contributed by atoms with E-state index in [4.69, 9.17) is 0 Å². The number of nitrogens with zero attached hydrogens (tertiary/aromatic N) is 4. The molecule has 4 amide bonds. The molecule has 2 saturated heterocycles. The van der Waals surface area contributed by atoms with Crippen LogP contribution in [0.5, 0.6) is 0 Å². The fourth-order valence-corrected chi connectivity index (χ4v) is 3.71. The predicted molar refractivity (Wildman–Crippen MR) is 107 cm³/mol. The molecular formula is C21H22FN5O3. The highest BCUT2D eigenvalue weighted by molar-refractivity contribution is 6.05. The van der Waals surface area contributed by atoms with Crippen molar-refractivity contribution < 1.29 is 18.8 Å². The Bertz CT molecular complexity index is 947. The second kappa shape index (κ2) is 8.48. The number of aromatic nitrogens is 1. The predicted octanol–water partition coefficient (Wildman–Crippen LogP) is 1.38. The molecule has 0 aliphatic carbocycles. The SMILES string of the molecule is O=C(CC1NC(=O)N(Cc2cccc(F)c2)C1=O)N1CCN(c2ccccn2)CC1. The molecule has 0 saturated carbocycles. The van der Waals surface area contributed by atoms with E-state index in [0.717, 1.165) is 10.7 Å². The maximum Gasteiger partial charge on any atom is 0.325 e. The molecule has 1 aromatic heterocycles. The average molecular weight is 411 g/mol. The van der Waals surface area contributed by atoms with Crippen LogP contribution in [0.25, 0.3) is 0 Å². The number of carbonyl (C=O) groups is 3. The largest absolute Gasteiger partial charge is 0.353 e. The molecule has 3 heterocycles. The van der Waals surface area contributed by atoms with Gasteiger partial charge in [0.05, 0.1) is 13.0 Å². The first-order chi connectivity index (χ1) is 14.5. The second-order valence-corrected chi connectivity index (χ2v) is 7.32. The molecule has 156 valence electrons. The van der Waals surface area contributed by atoms with E-state index in [1.54, 1.807) is 17.2 Å². The van der Waals surface area contributed by atoms with Gasteiger partial charge in [-0.3, -0.25) is 14.5 Å². The zero-order valence-electron chi connectivity index (χ0n) is 16.3. The molecule has 0 bridgehead atoms. The van der Waals surface area contributed by atoms with Crippen molar-refractivity contribution in [1.82, 2.24) is 20.1 Å². The Morgan fingerprint density at radius 1 is 1.10 bits per heavy atom. The van der Waals surface area contributed by atoms with E-state index >= 15 is 0 Å². The van der Waals surface area contributed by atoms with Crippen LogP contribution in [-0.4, -0.2) is 64.9 Å². The van der Waals surface area contributed by atoms with Crippen LogP contribution < -0.4 is 10.2 Å². The second-order valence-electron chi connectivity index (χ2n) is 7.32. The van der Waals surface area contributed by atoms with Gasteiger partial charge in [-0.15, -0.1) is 0 Å². The average Bonchev–Trinajstić information content (AvgIpc) is 3.02. The van der Waals surface area contributed by atoms with Crippen LogP contribution in [0.4, 0.5) is 15.0 Å². The Morgan fingerprint density at radius 3 is 2.60 bits per heavy atom. The zero-order chi connectivity index (χ0) is 21.1. The van der Waals surface area contributed by atoms with E-state index in [2.05, 4.69) is 15.2 Å². The number of pyridine rings is 1. The van der Waals surface area contributed by atoms with Crippen LogP contribution in [0.3, 0.4) is 0 Å². The molecule has 1 atom stereocenters. The van der Waals surface area contributed by atoms with Gasteiger partial charge in [0.25, 0.3) is 5.91 Å². The van der Waals surface area contributed by atoms with Gasteiger partial charge in [0.15, 0.2) is 0 Å². The quantitative estimate of drug-likeness (QED) is 0.752. The smallest absolute Gasteiger partial charge is 0.325 e. The first kappa shape index (κ1) is 19.8. The van der Waals surface area contributed by atoms with E-state index in [1.807, 2.05) is 18.2 Å². The lowest BCUT2D eigenvalue weighted by molar-refractivity contribution is -0.136. The van der Waals surface area contributed by atoms with Crippen molar-refractivity contribution in [3.8, 4) is 0 Å². The molecule has 2 aliphatic rings. The van der Waals surface area contributed by atoms with E-state index in [0.29, 0.717) is 31.7 Å². The molecule has 0 radical (unpaired) electrons. The fraction of sp³-hybridized carbons (Fsp3) is 0.333. The van der Waals surface area contributed by atoms with Gasteiger partial charge in [-0.05, 0) is 29.8 Å². The normalized spacial score (nSPS) is 19.2. The monoisotopic (exact) mass is 411 g/mol. The van der Waals surface area contributed by atoms with Gasteiger partial charge in [0.2, 0.25) is 5.91 Å². The first-order valence-corrected chi connectivity index (χ1v) is 9.81. The lowest BCUT2D eigenvalue weighted by Gasteiger charge is -2.35. The summed E-state index contributed by atoms with van der Waals surface area (Å²) in [6, 6.07) is 9.98. The lowest BCUT2D eigenvalue weighted by Crippen LogP contribution is -2.50. The molecule has 9 heteroatoms. The summed E-state index contributed by atoms with van der Waals surface area (Å²) in [4.78, 5) is 46.7. The third-order valence-electron chi connectivity index (χ3n) is 5.32. The maximum atomic E-state index is 13.4. The third kappa shape index (κ3) is 4.24. The van der Waals surface area contributed by atoms with E-state index in [-0.39, 0.29) is 18.9 Å². The number of hydrogen-bond donors (Lipinski definition) is 1.